The molecular weight excluding hydrogens is 254 g/mol. The maximum absolute atomic E-state index is 10.3. The largest absolute Gasteiger partial charge is 0.481 e. The topological polar surface area (TPSA) is 69.6 Å². The van der Waals surface area contributed by atoms with Gasteiger partial charge in [0.05, 0.1) is 6.10 Å². The van der Waals surface area contributed by atoms with Crippen LogP contribution in [0.15, 0.2) is 24.3 Å². The molecule has 18 heavy (non-hydrogen) atoms. The molecule has 0 bridgehead atoms. The van der Waals surface area contributed by atoms with Crippen molar-refractivity contribution in [1.82, 2.24) is 5.32 Å². The molecule has 0 aliphatic heterocycles. The summed E-state index contributed by atoms with van der Waals surface area (Å²) in [7, 11) is 0. The third-order valence-corrected chi connectivity index (χ3v) is 2.97. The van der Waals surface area contributed by atoms with Crippen molar-refractivity contribution in [3.05, 3.63) is 34.9 Å². The SMILES string of the molecule is CC(NCCCC(=O)O)C(O)c1ccc(Cl)cc1. The Morgan fingerprint density at radius 1 is 1.39 bits per heavy atom. The molecule has 0 saturated heterocycles. The lowest BCUT2D eigenvalue weighted by atomic mass is 10.0. The summed E-state index contributed by atoms with van der Waals surface area (Å²) in [5, 5.41) is 22.3. The van der Waals surface area contributed by atoms with Crippen molar-refractivity contribution in [2.45, 2.75) is 31.9 Å². The molecule has 0 aliphatic rings. The number of aliphatic hydroxyl groups excluding tert-OH is 1. The second kappa shape index (κ2) is 7.36. The first-order valence-corrected chi connectivity index (χ1v) is 6.27. The molecule has 0 saturated carbocycles. The molecule has 1 aromatic rings. The number of rotatable bonds is 7. The number of halogens is 1. The molecule has 2 atom stereocenters. The fourth-order valence-corrected chi connectivity index (χ4v) is 1.76. The minimum absolute atomic E-state index is 0.136. The second-order valence-corrected chi connectivity index (χ2v) is 4.67. The Morgan fingerprint density at radius 2 is 2.00 bits per heavy atom. The van der Waals surface area contributed by atoms with Gasteiger partial charge >= 0.3 is 5.97 Å². The van der Waals surface area contributed by atoms with Crippen molar-refractivity contribution >= 4 is 17.6 Å². The summed E-state index contributed by atoms with van der Waals surface area (Å²) in [6.07, 6.45) is 0.0520. The van der Waals surface area contributed by atoms with E-state index in [0.717, 1.165) is 5.56 Å². The zero-order valence-electron chi connectivity index (χ0n) is 10.3. The van der Waals surface area contributed by atoms with Crippen molar-refractivity contribution in [2.75, 3.05) is 6.54 Å². The van der Waals surface area contributed by atoms with Gasteiger partial charge in [0.2, 0.25) is 0 Å². The van der Waals surface area contributed by atoms with Crippen LogP contribution in [0.1, 0.15) is 31.4 Å². The lowest BCUT2D eigenvalue weighted by molar-refractivity contribution is -0.137. The number of carboxylic acids is 1. The first kappa shape index (κ1) is 15.0. The zero-order valence-corrected chi connectivity index (χ0v) is 11.0. The molecule has 0 aromatic heterocycles. The van der Waals surface area contributed by atoms with Gasteiger partial charge in [0.1, 0.15) is 0 Å². The number of hydrogen-bond acceptors (Lipinski definition) is 3. The van der Waals surface area contributed by atoms with Crippen molar-refractivity contribution < 1.29 is 15.0 Å². The minimum atomic E-state index is -0.803. The molecule has 0 aliphatic carbocycles. The van der Waals surface area contributed by atoms with Gasteiger partial charge in [0.25, 0.3) is 0 Å². The molecule has 0 fully saturated rings. The molecule has 1 aromatic carbocycles. The number of aliphatic carboxylic acids is 1. The average molecular weight is 272 g/mol. The molecule has 0 amide bonds. The number of aliphatic hydroxyl groups is 1. The molecule has 0 heterocycles. The summed E-state index contributed by atoms with van der Waals surface area (Å²) in [6.45, 7) is 2.43. The standard InChI is InChI=1S/C13H18ClNO3/c1-9(15-8-2-3-12(16)17)13(18)10-4-6-11(14)7-5-10/h4-7,9,13,15,18H,2-3,8H2,1H3,(H,16,17). The van der Waals surface area contributed by atoms with Crippen molar-refractivity contribution in [3.63, 3.8) is 0 Å². The predicted octanol–water partition coefficient (Wildman–Crippen LogP) is 2.22. The lowest BCUT2D eigenvalue weighted by Crippen LogP contribution is -2.33. The Hall–Kier alpha value is -1.10. The van der Waals surface area contributed by atoms with Crippen molar-refractivity contribution in [3.8, 4) is 0 Å². The Kier molecular flexibility index (Phi) is 6.12. The third-order valence-electron chi connectivity index (χ3n) is 2.72. The summed E-state index contributed by atoms with van der Waals surface area (Å²) in [4.78, 5) is 10.3. The van der Waals surface area contributed by atoms with Gasteiger partial charge in [0.15, 0.2) is 0 Å². The third kappa shape index (κ3) is 5.04. The summed E-state index contributed by atoms with van der Waals surface area (Å²) in [6, 6.07) is 6.89. The maximum Gasteiger partial charge on any atom is 0.303 e. The van der Waals surface area contributed by atoms with E-state index < -0.39 is 12.1 Å². The van der Waals surface area contributed by atoms with E-state index in [1.54, 1.807) is 24.3 Å². The number of benzene rings is 1. The molecule has 100 valence electrons. The van der Waals surface area contributed by atoms with Crippen LogP contribution in [0.25, 0.3) is 0 Å². The monoisotopic (exact) mass is 271 g/mol. The van der Waals surface area contributed by atoms with Gasteiger partial charge < -0.3 is 15.5 Å². The highest BCUT2D eigenvalue weighted by Gasteiger charge is 2.15. The second-order valence-electron chi connectivity index (χ2n) is 4.24. The highest BCUT2D eigenvalue weighted by Crippen LogP contribution is 2.19. The van der Waals surface area contributed by atoms with Gasteiger partial charge in [-0.25, -0.2) is 0 Å². The Bertz CT molecular complexity index is 380. The van der Waals surface area contributed by atoms with Crippen molar-refractivity contribution in [1.29, 1.82) is 0 Å². The van der Waals surface area contributed by atoms with Gasteiger partial charge in [0, 0.05) is 17.5 Å². The van der Waals surface area contributed by atoms with Gasteiger partial charge in [-0.05, 0) is 37.6 Å². The van der Waals surface area contributed by atoms with Crippen LogP contribution >= 0.6 is 11.6 Å². The van der Waals surface area contributed by atoms with E-state index in [-0.39, 0.29) is 12.5 Å². The first-order valence-electron chi connectivity index (χ1n) is 5.89. The normalized spacial score (nSPS) is 14.2. The quantitative estimate of drug-likeness (QED) is 0.665. The predicted molar refractivity (Wildman–Crippen MR) is 70.7 cm³/mol. The van der Waals surface area contributed by atoms with Crippen LogP contribution in [0, 0.1) is 0 Å². The van der Waals surface area contributed by atoms with E-state index in [9.17, 15) is 9.90 Å². The minimum Gasteiger partial charge on any atom is -0.481 e. The van der Waals surface area contributed by atoms with E-state index >= 15 is 0 Å². The Labute approximate surface area is 112 Å². The molecule has 2 unspecified atom stereocenters. The van der Waals surface area contributed by atoms with Crippen LogP contribution in [0.3, 0.4) is 0 Å². The lowest BCUT2D eigenvalue weighted by Gasteiger charge is -2.20. The van der Waals surface area contributed by atoms with Crippen LogP contribution in [-0.2, 0) is 4.79 Å². The molecule has 0 radical (unpaired) electrons. The van der Waals surface area contributed by atoms with Crippen LogP contribution in [0.5, 0.6) is 0 Å². The summed E-state index contributed by atoms with van der Waals surface area (Å²) in [5.41, 5.74) is 0.789. The van der Waals surface area contributed by atoms with Crippen LogP contribution in [0.2, 0.25) is 5.02 Å². The molecule has 0 spiro atoms. The maximum atomic E-state index is 10.3. The zero-order chi connectivity index (χ0) is 13.5. The van der Waals surface area contributed by atoms with Crippen LogP contribution < -0.4 is 5.32 Å². The van der Waals surface area contributed by atoms with Gasteiger partial charge in [-0.15, -0.1) is 0 Å². The molecule has 1 rings (SSSR count). The number of carboxylic acid groups (broad SMARTS) is 1. The van der Waals surface area contributed by atoms with Crippen molar-refractivity contribution in [2.24, 2.45) is 0 Å². The molecular formula is C13H18ClNO3. The van der Waals surface area contributed by atoms with Gasteiger partial charge in [-0.1, -0.05) is 23.7 Å². The van der Waals surface area contributed by atoms with E-state index in [2.05, 4.69) is 5.32 Å². The Morgan fingerprint density at radius 3 is 2.56 bits per heavy atom. The molecule has 3 N–H and O–H groups in total. The number of hydrogen-bond donors (Lipinski definition) is 3. The van der Waals surface area contributed by atoms with E-state index in [4.69, 9.17) is 16.7 Å². The number of carbonyl (C=O) groups is 1. The summed E-state index contributed by atoms with van der Waals surface area (Å²) >= 11 is 5.78. The molecule has 4 nitrogen and oxygen atoms in total. The summed E-state index contributed by atoms with van der Waals surface area (Å²) < 4.78 is 0. The summed E-state index contributed by atoms with van der Waals surface area (Å²) in [5.74, 6) is -0.803. The fraction of sp³-hybridized carbons (Fsp3) is 0.462. The Balaban J connectivity index is 2.38. The van der Waals surface area contributed by atoms with Crippen LogP contribution in [-0.4, -0.2) is 28.8 Å². The first-order chi connectivity index (χ1) is 8.50. The smallest absolute Gasteiger partial charge is 0.303 e. The highest BCUT2D eigenvalue weighted by molar-refractivity contribution is 6.30. The fourth-order valence-electron chi connectivity index (χ4n) is 1.63. The van der Waals surface area contributed by atoms with Gasteiger partial charge in [-0.2, -0.15) is 0 Å². The average Bonchev–Trinajstić information content (AvgIpc) is 2.34. The van der Waals surface area contributed by atoms with E-state index in [0.29, 0.717) is 18.0 Å². The van der Waals surface area contributed by atoms with E-state index in [1.165, 1.54) is 0 Å². The number of nitrogens with one attached hydrogen (secondary N) is 1. The molecule has 5 heteroatoms. The van der Waals surface area contributed by atoms with E-state index in [1.807, 2.05) is 6.92 Å². The van der Waals surface area contributed by atoms with Crippen LogP contribution in [0.4, 0.5) is 0 Å². The van der Waals surface area contributed by atoms with Gasteiger partial charge in [-0.3, -0.25) is 4.79 Å². The highest BCUT2D eigenvalue weighted by atomic mass is 35.5.